The molecule has 8 unspecified atom stereocenters. The first-order valence-electron chi connectivity index (χ1n) is 35.4. The lowest BCUT2D eigenvalue weighted by Crippen LogP contribution is -2.59. The van der Waals surface area contributed by atoms with Crippen molar-refractivity contribution in [3.63, 3.8) is 0 Å². The molecule has 28 heteroatoms. The van der Waals surface area contributed by atoms with Crippen molar-refractivity contribution in [2.45, 2.75) is 240 Å². The van der Waals surface area contributed by atoms with E-state index in [-0.39, 0.29) is 124 Å². The molecule has 1 aromatic heterocycles. The third-order valence-electron chi connectivity index (χ3n) is 18.7. The fourth-order valence-corrected chi connectivity index (χ4v) is 16.3. The average Bonchev–Trinajstić information content (AvgIpc) is 0.793. The maximum absolute atomic E-state index is 15.6. The minimum atomic E-state index is -1.71. The number of hydrogen-bond acceptors (Lipinski definition) is 25. The van der Waals surface area contributed by atoms with E-state index in [1.807, 2.05) is 45.0 Å². The largest absolute Gasteiger partial charge is 0.481 e. The molecule has 0 spiro atoms. The Kier molecular flexibility index (Phi) is 42.9. The third kappa shape index (κ3) is 31.8. The van der Waals surface area contributed by atoms with E-state index in [0.29, 0.717) is 37.3 Å². The Bertz CT molecular complexity index is 2550. The molecule has 2 amide bonds. The number of aliphatic carboxylic acids is 1. The van der Waals surface area contributed by atoms with E-state index in [9.17, 15) is 45.0 Å². The van der Waals surface area contributed by atoms with Gasteiger partial charge in [-0.05, 0) is 156 Å². The third-order valence-corrected chi connectivity index (χ3v) is 23.4. The van der Waals surface area contributed by atoms with Crippen LogP contribution in [0.2, 0.25) is 0 Å². The summed E-state index contributed by atoms with van der Waals surface area (Å²) in [7, 11) is 9.83. The topological polar surface area (TPSA) is 346 Å². The molecule has 0 bridgehead atoms. The van der Waals surface area contributed by atoms with Crippen molar-refractivity contribution < 1.29 is 97.4 Å². The van der Waals surface area contributed by atoms with Crippen LogP contribution in [0.1, 0.15) is 199 Å². The minimum absolute atomic E-state index is 0.0171. The standard InChI is InChI=1S/C71H124N4O20S4/c1-15-19-21-22-25-42-96-97-43-33-73-58(81)66(7,30-31-69(10,62(86)92-36-34-75(13)14)50-71(12,63(87)91-35-20-16-2)49-68(9,27-17-3)60(83)84)47-70(11,64(88)94-41-44-98-99-53-26-23-24-32-72-53)48-67(8,59(82)74-45-51(5)77)29-28-65(6,18-4)61(85)93-40-38-89-37-39-90-57-56(80)55(79)54(78)52(46-76)95-57/h23-24,26,32,51-52,54-57,76-80H,15-22,25,27-31,33-50H2,1-14H3,(H,73,81)(H,74,82)(H,83,84)/t51?,52-,54+,55+,56-,57-,65?,66?,67?,68?,69?,70?,71?/m1/s1. The number of amides is 2. The molecule has 1 aliphatic rings. The predicted molar refractivity (Wildman–Crippen MR) is 388 cm³/mol. The number of likely N-dealkylation sites (N-methyl/N-ethyl adjacent to an activating group) is 1. The lowest BCUT2D eigenvalue weighted by Gasteiger charge is -2.44. The van der Waals surface area contributed by atoms with E-state index >= 15 is 19.2 Å². The molecule has 24 nitrogen and oxygen atoms in total. The van der Waals surface area contributed by atoms with E-state index in [0.717, 1.165) is 30.0 Å². The quantitative estimate of drug-likeness (QED) is 0.0130. The van der Waals surface area contributed by atoms with Crippen LogP contribution in [-0.2, 0) is 66.7 Å². The number of unbranched alkanes of at least 4 members (excludes halogenated alkanes) is 5. The molecule has 0 saturated carbocycles. The molecule has 1 aromatic rings. The van der Waals surface area contributed by atoms with Crippen molar-refractivity contribution in [1.82, 2.24) is 20.5 Å². The van der Waals surface area contributed by atoms with Gasteiger partial charge in [0.15, 0.2) is 6.29 Å². The Morgan fingerprint density at radius 1 is 0.576 bits per heavy atom. The van der Waals surface area contributed by atoms with Gasteiger partial charge in [-0.1, -0.05) is 119 Å². The maximum Gasteiger partial charge on any atom is 0.311 e. The lowest BCUT2D eigenvalue weighted by atomic mass is 9.59. The summed E-state index contributed by atoms with van der Waals surface area (Å²) in [4.78, 5) is 110. The predicted octanol–water partition coefficient (Wildman–Crippen LogP) is 9.61. The van der Waals surface area contributed by atoms with Crippen LogP contribution in [-0.4, -0.2) is 223 Å². The van der Waals surface area contributed by atoms with Crippen LogP contribution < -0.4 is 10.6 Å². The van der Waals surface area contributed by atoms with Gasteiger partial charge in [-0.15, -0.1) is 0 Å². The number of rotatable bonds is 55. The van der Waals surface area contributed by atoms with Crippen LogP contribution in [0.4, 0.5) is 0 Å². The molecule has 0 radical (unpaired) electrons. The molecule has 99 heavy (non-hydrogen) atoms. The van der Waals surface area contributed by atoms with Gasteiger partial charge in [0.2, 0.25) is 11.8 Å². The number of aliphatic hydroxyl groups excluding tert-OH is 5. The number of carbonyl (C=O) groups excluding carboxylic acids is 6. The van der Waals surface area contributed by atoms with Crippen LogP contribution in [0, 0.1) is 37.9 Å². The number of aromatic nitrogens is 1. The molecule has 572 valence electrons. The normalized spacial score (nSPS) is 21.0. The van der Waals surface area contributed by atoms with E-state index < -0.39 is 123 Å². The highest BCUT2D eigenvalue weighted by Crippen LogP contribution is 2.52. The zero-order valence-electron chi connectivity index (χ0n) is 61.8. The molecule has 1 fully saturated rings. The summed E-state index contributed by atoms with van der Waals surface area (Å²) in [6.07, 6.45) is 0.257. The second-order valence-corrected chi connectivity index (χ2v) is 34.0. The van der Waals surface area contributed by atoms with Crippen LogP contribution in [0.15, 0.2) is 29.4 Å². The molecular formula is C71H124N4O20S4. The number of aliphatic hydroxyl groups is 5. The molecule has 13 atom stereocenters. The summed E-state index contributed by atoms with van der Waals surface area (Å²) in [6, 6.07) is 5.52. The van der Waals surface area contributed by atoms with Crippen molar-refractivity contribution in [2.75, 3.05) is 104 Å². The molecule has 0 aliphatic carbocycles. The SMILES string of the molecule is CCCCCCCSSCCNC(=O)C(C)(CCC(C)(CC(C)(CC(C)(CCC)C(=O)O)C(=O)OCCCC)C(=O)OCCN(C)C)CC(C)(CC(C)(CCC(C)(CC)C(=O)OCCOCCO[C@@H]1O[C@H](CO)[C@H](O)[C@H](O)[C@H]1O)C(=O)NCC(C)O)C(=O)OCCSSc1ccccn1. The summed E-state index contributed by atoms with van der Waals surface area (Å²) >= 11 is 0. The summed E-state index contributed by atoms with van der Waals surface area (Å²) in [5.74, 6) is -2.96. The van der Waals surface area contributed by atoms with E-state index in [2.05, 4.69) is 22.5 Å². The van der Waals surface area contributed by atoms with E-state index in [4.69, 9.17) is 33.2 Å². The first kappa shape index (κ1) is 91.6. The highest BCUT2D eigenvalue weighted by Gasteiger charge is 2.55. The Morgan fingerprint density at radius 3 is 1.69 bits per heavy atom. The number of carboxylic acids is 1. The fraction of sp³-hybridized carbons (Fsp3) is 0.831. The molecule has 8 N–H and O–H groups in total. The molecule has 2 heterocycles. The summed E-state index contributed by atoms with van der Waals surface area (Å²) in [6.45, 7) is 20.3. The van der Waals surface area contributed by atoms with Gasteiger partial charge < -0.3 is 79.3 Å². The zero-order chi connectivity index (χ0) is 74.5. The zero-order valence-corrected chi connectivity index (χ0v) is 65.1. The van der Waals surface area contributed by atoms with Gasteiger partial charge >= 0.3 is 29.8 Å². The van der Waals surface area contributed by atoms with Crippen LogP contribution in [0.5, 0.6) is 0 Å². The summed E-state index contributed by atoms with van der Waals surface area (Å²) in [5, 5.41) is 68.3. The summed E-state index contributed by atoms with van der Waals surface area (Å²) < 4.78 is 40.6. The number of nitrogens with one attached hydrogen (secondary N) is 2. The van der Waals surface area contributed by atoms with Gasteiger partial charge in [-0.3, -0.25) is 33.6 Å². The van der Waals surface area contributed by atoms with Crippen molar-refractivity contribution in [3.05, 3.63) is 24.4 Å². The average molecular weight is 1480 g/mol. The van der Waals surface area contributed by atoms with E-state index in [1.165, 1.54) is 41.4 Å². The second kappa shape index (κ2) is 46.3. The number of pyridine rings is 1. The lowest BCUT2D eigenvalue weighted by molar-refractivity contribution is -0.302. The van der Waals surface area contributed by atoms with Crippen LogP contribution in [0.25, 0.3) is 0 Å². The molecule has 2 rings (SSSR count). The molecule has 1 aliphatic heterocycles. The Balaban J connectivity index is 2.84. The van der Waals surface area contributed by atoms with Crippen molar-refractivity contribution in [2.24, 2.45) is 37.9 Å². The highest BCUT2D eigenvalue weighted by molar-refractivity contribution is 8.77. The molecule has 1 saturated heterocycles. The fourth-order valence-electron chi connectivity index (χ4n) is 12.5. The van der Waals surface area contributed by atoms with Gasteiger partial charge in [-0.2, -0.15) is 0 Å². The van der Waals surface area contributed by atoms with Crippen molar-refractivity contribution in [3.8, 4) is 0 Å². The Morgan fingerprint density at radius 2 is 1.11 bits per heavy atom. The van der Waals surface area contributed by atoms with Gasteiger partial charge in [0, 0.05) is 53.9 Å². The van der Waals surface area contributed by atoms with Gasteiger partial charge in [0.25, 0.3) is 0 Å². The van der Waals surface area contributed by atoms with Gasteiger partial charge in [0.1, 0.15) is 49.3 Å². The Hall–Kier alpha value is -3.52. The summed E-state index contributed by atoms with van der Waals surface area (Å²) in [5.41, 5.74) is -10.6. The van der Waals surface area contributed by atoms with E-state index in [1.54, 1.807) is 89.2 Å². The molecular weight excluding hydrogens is 1360 g/mol. The first-order chi connectivity index (χ1) is 46.6. The maximum atomic E-state index is 15.6. The number of carboxylic acid groups (broad SMARTS) is 1. The second-order valence-electron chi connectivity index (χ2n) is 28.9. The monoisotopic (exact) mass is 1480 g/mol. The molecule has 0 aromatic carbocycles. The van der Waals surface area contributed by atoms with Crippen molar-refractivity contribution in [1.29, 1.82) is 0 Å². The van der Waals surface area contributed by atoms with Crippen molar-refractivity contribution >= 4 is 84.8 Å². The Labute approximate surface area is 606 Å². The number of nitrogens with zero attached hydrogens (tertiary/aromatic N) is 2. The number of hydrogen-bond donors (Lipinski definition) is 8. The number of carbonyl (C=O) groups is 7. The number of esters is 4. The number of ether oxygens (including phenoxy) is 7. The van der Waals surface area contributed by atoms with Crippen LogP contribution in [0.3, 0.4) is 0 Å². The van der Waals surface area contributed by atoms with Gasteiger partial charge in [0.05, 0.1) is 66.2 Å². The minimum Gasteiger partial charge on any atom is -0.481 e. The first-order valence-corrected chi connectivity index (χ1v) is 40.2. The van der Waals surface area contributed by atoms with Gasteiger partial charge in [-0.25, -0.2) is 4.98 Å². The highest BCUT2D eigenvalue weighted by atomic mass is 33.1. The van der Waals surface area contributed by atoms with Crippen LogP contribution >= 0.6 is 43.2 Å². The smallest absolute Gasteiger partial charge is 0.311 e.